The fourth-order valence-corrected chi connectivity index (χ4v) is 12.2. The van der Waals surface area contributed by atoms with E-state index in [0.29, 0.717) is 25.9 Å². The topological polar surface area (TPSA) is 95.9 Å². The van der Waals surface area contributed by atoms with Crippen molar-refractivity contribution in [3.8, 4) is 0 Å². The van der Waals surface area contributed by atoms with E-state index < -0.39 is 12.1 Å². The van der Waals surface area contributed by atoms with Crippen molar-refractivity contribution in [3.63, 3.8) is 0 Å². The Labute approximate surface area is 537 Å². The van der Waals surface area contributed by atoms with E-state index in [1.54, 1.807) is 0 Å². The minimum absolute atomic E-state index is 0.000515. The number of ether oxygens (including phenoxy) is 1. The summed E-state index contributed by atoms with van der Waals surface area (Å²) >= 11 is 0. The van der Waals surface area contributed by atoms with E-state index in [9.17, 15) is 19.8 Å². The molecular formula is C80H151NO5. The zero-order valence-corrected chi connectivity index (χ0v) is 58.1. The van der Waals surface area contributed by atoms with Gasteiger partial charge < -0.3 is 20.3 Å². The highest BCUT2D eigenvalue weighted by molar-refractivity contribution is 5.76. The molecule has 0 aromatic rings. The van der Waals surface area contributed by atoms with Crippen molar-refractivity contribution < 1.29 is 24.5 Å². The molecule has 6 nitrogen and oxygen atoms in total. The molecule has 0 aromatic heterocycles. The molecule has 0 rings (SSSR count). The van der Waals surface area contributed by atoms with Crippen LogP contribution in [-0.2, 0) is 14.3 Å². The number of esters is 1. The van der Waals surface area contributed by atoms with Crippen molar-refractivity contribution >= 4 is 11.9 Å². The van der Waals surface area contributed by atoms with Gasteiger partial charge >= 0.3 is 5.97 Å². The average molecular weight is 1210 g/mol. The average Bonchev–Trinajstić information content (AvgIpc) is 3.53. The number of aliphatic hydroxyl groups is 2. The van der Waals surface area contributed by atoms with E-state index in [-0.39, 0.29) is 18.5 Å². The number of nitrogens with one attached hydrogen (secondary N) is 1. The number of unbranched alkanes of at least 4 members (excludes halogenated alkanes) is 54. The van der Waals surface area contributed by atoms with Gasteiger partial charge in [0.1, 0.15) is 0 Å². The largest absolute Gasteiger partial charge is 0.466 e. The molecule has 0 bridgehead atoms. The quantitative estimate of drug-likeness (QED) is 0.0320. The Morgan fingerprint density at radius 3 is 0.907 bits per heavy atom. The molecule has 506 valence electrons. The molecule has 0 heterocycles. The molecule has 86 heavy (non-hydrogen) atoms. The Morgan fingerprint density at radius 2 is 0.581 bits per heavy atom. The summed E-state index contributed by atoms with van der Waals surface area (Å²) < 4.78 is 5.49. The lowest BCUT2D eigenvalue weighted by molar-refractivity contribution is -0.143. The first-order chi connectivity index (χ1) is 42.5. The van der Waals surface area contributed by atoms with Gasteiger partial charge in [0.15, 0.2) is 0 Å². The summed E-state index contributed by atoms with van der Waals surface area (Å²) in [6.45, 7) is 4.96. The lowest BCUT2D eigenvalue weighted by Gasteiger charge is -2.22. The number of rotatable bonds is 73. The molecular weight excluding hydrogens is 1050 g/mol. The number of carbonyl (C=O) groups excluding carboxylic acids is 2. The van der Waals surface area contributed by atoms with Crippen molar-refractivity contribution in [1.82, 2.24) is 5.32 Å². The van der Waals surface area contributed by atoms with E-state index in [4.69, 9.17) is 4.74 Å². The normalized spacial score (nSPS) is 12.7. The number of hydrogen-bond donors (Lipinski definition) is 3. The molecule has 2 atom stereocenters. The number of allylic oxidation sites excluding steroid dienone is 8. The van der Waals surface area contributed by atoms with Gasteiger partial charge in [0, 0.05) is 12.8 Å². The number of carbonyl (C=O) groups is 2. The minimum atomic E-state index is -0.665. The first kappa shape index (κ1) is 83.8. The fraction of sp³-hybridized carbons (Fsp3) is 0.875. The van der Waals surface area contributed by atoms with Crippen molar-refractivity contribution in [1.29, 1.82) is 0 Å². The van der Waals surface area contributed by atoms with Crippen LogP contribution in [-0.4, -0.2) is 47.4 Å². The molecule has 3 N–H and O–H groups in total. The summed E-state index contributed by atoms with van der Waals surface area (Å²) in [4.78, 5) is 24.6. The third kappa shape index (κ3) is 70.9. The summed E-state index contributed by atoms with van der Waals surface area (Å²) in [7, 11) is 0. The van der Waals surface area contributed by atoms with Crippen LogP contribution in [0, 0.1) is 0 Å². The highest BCUT2D eigenvalue weighted by Crippen LogP contribution is 2.19. The van der Waals surface area contributed by atoms with Crippen molar-refractivity contribution in [2.75, 3.05) is 13.2 Å². The van der Waals surface area contributed by atoms with Gasteiger partial charge in [0.2, 0.25) is 5.91 Å². The van der Waals surface area contributed by atoms with Crippen LogP contribution in [0.4, 0.5) is 0 Å². The molecule has 0 aliphatic rings. The molecule has 6 heteroatoms. The highest BCUT2D eigenvalue weighted by Gasteiger charge is 2.20. The highest BCUT2D eigenvalue weighted by atomic mass is 16.5. The Morgan fingerprint density at radius 1 is 0.326 bits per heavy atom. The fourth-order valence-electron chi connectivity index (χ4n) is 12.2. The summed E-state index contributed by atoms with van der Waals surface area (Å²) in [5.41, 5.74) is 0. The minimum Gasteiger partial charge on any atom is -0.466 e. The smallest absolute Gasteiger partial charge is 0.305 e. The molecule has 0 spiro atoms. The van der Waals surface area contributed by atoms with Crippen LogP contribution >= 0.6 is 0 Å². The van der Waals surface area contributed by atoms with Crippen molar-refractivity contribution in [2.45, 2.75) is 437 Å². The molecule has 0 radical (unpaired) electrons. The van der Waals surface area contributed by atoms with E-state index in [2.05, 4.69) is 67.8 Å². The second kappa shape index (κ2) is 75.3. The van der Waals surface area contributed by atoms with Gasteiger partial charge in [-0.3, -0.25) is 9.59 Å². The lowest BCUT2D eigenvalue weighted by Crippen LogP contribution is -2.45. The first-order valence-electron chi connectivity index (χ1n) is 38.9. The molecule has 1 amide bonds. The van der Waals surface area contributed by atoms with E-state index in [0.717, 1.165) is 57.8 Å². The molecule has 0 fully saturated rings. The van der Waals surface area contributed by atoms with Gasteiger partial charge in [-0.2, -0.15) is 0 Å². The van der Waals surface area contributed by atoms with Crippen LogP contribution in [0.1, 0.15) is 425 Å². The van der Waals surface area contributed by atoms with Crippen LogP contribution in [0.2, 0.25) is 0 Å². The third-order valence-corrected chi connectivity index (χ3v) is 18.1. The molecule has 2 unspecified atom stereocenters. The maximum Gasteiger partial charge on any atom is 0.305 e. The van der Waals surface area contributed by atoms with Crippen molar-refractivity contribution in [3.05, 3.63) is 48.6 Å². The second-order valence-corrected chi connectivity index (χ2v) is 26.7. The van der Waals surface area contributed by atoms with Crippen LogP contribution in [0.5, 0.6) is 0 Å². The SMILES string of the molecule is CCCCC/C=C\C/C=C\CCCCCCCC(=O)OCCCCCCCCCCC/C=C\C/C=C\CCCCCCCCCCCCCCCCCCCC(=O)NC(CO)C(O)CCCCCCCCCCCCCCCCCCCCCCC. The van der Waals surface area contributed by atoms with Gasteiger partial charge in [-0.15, -0.1) is 0 Å². The maximum absolute atomic E-state index is 12.6. The maximum atomic E-state index is 12.6. The molecule has 0 saturated heterocycles. The van der Waals surface area contributed by atoms with Crippen LogP contribution in [0.15, 0.2) is 48.6 Å². The second-order valence-electron chi connectivity index (χ2n) is 26.7. The zero-order valence-electron chi connectivity index (χ0n) is 58.1. The Kier molecular flexibility index (Phi) is 73.4. The van der Waals surface area contributed by atoms with E-state index in [1.807, 2.05) is 0 Å². The predicted octanol–water partition coefficient (Wildman–Crippen LogP) is 25.6. The van der Waals surface area contributed by atoms with Gasteiger partial charge in [0.25, 0.3) is 0 Å². The van der Waals surface area contributed by atoms with Crippen LogP contribution < -0.4 is 5.32 Å². The number of hydrogen-bond acceptors (Lipinski definition) is 5. The predicted molar refractivity (Wildman–Crippen MR) is 379 cm³/mol. The van der Waals surface area contributed by atoms with E-state index >= 15 is 0 Å². The van der Waals surface area contributed by atoms with Crippen molar-refractivity contribution in [2.24, 2.45) is 0 Å². The summed E-state index contributed by atoms with van der Waals surface area (Å²) in [5.74, 6) is -0.0282. The van der Waals surface area contributed by atoms with Crippen LogP contribution in [0.3, 0.4) is 0 Å². The molecule has 0 aromatic carbocycles. The summed E-state index contributed by atoms with van der Waals surface area (Å²) in [6.07, 6.45) is 99.0. The molecule has 0 saturated carbocycles. The van der Waals surface area contributed by atoms with Gasteiger partial charge in [-0.1, -0.05) is 371 Å². The van der Waals surface area contributed by atoms with Gasteiger partial charge in [-0.05, 0) is 89.9 Å². The monoisotopic (exact) mass is 1210 g/mol. The Hall–Kier alpha value is -2.18. The zero-order chi connectivity index (χ0) is 62.0. The van der Waals surface area contributed by atoms with Gasteiger partial charge in [0.05, 0.1) is 25.4 Å². The molecule has 0 aliphatic heterocycles. The third-order valence-electron chi connectivity index (χ3n) is 18.1. The molecule has 0 aliphatic carbocycles. The Bertz CT molecular complexity index is 1440. The standard InChI is InChI=1S/C80H151NO5/c1-3-5-7-9-11-13-15-17-19-20-21-35-38-41-45-48-52-56-60-64-68-72-78(83)77(76-82)81-79(84)73-69-65-61-57-53-49-46-42-39-36-33-31-29-27-25-23-22-24-26-28-30-32-34-37-40-43-47-51-55-59-63-67-71-75-86-80(85)74-70-66-62-58-54-50-44-18-16-14-12-10-8-6-4-2/h12,14,18,26,28,32,34,44,77-78,82-83H,3-11,13,15-17,19-25,27,29-31,33,35-43,45-76H2,1-2H3,(H,81,84)/b14-12-,28-26-,34-32-,44-18-. The van der Waals surface area contributed by atoms with Crippen LogP contribution in [0.25, 0.3) is 0 Å². The number of aliphatic hydroxyl groups excluding tert-OH is 2. The number of amides is 1. The first-order valence-corrected chi connectivity index (χ1v) is 38.9. The van der Waals surface area contributed by atoms with E-state index in [1.165, 1.54) is 334 Å². The lowest BCUT2D eigenvalue weighted by atomic mass is 10.0. The summed E-state index contributed by atoms with van der Waals surface area (Å²) in [6, 6.07) is -0.542. The Balaban J connectivity index is 3.39. The van der Waals surface area contributed by atoms with Gasteiger partial charge in [-0.25, -0.2) is 0 Å². The summed E-state index contributed by atoms with van der Waals surface area (Å²) in [5, 5.41) is 23.4.